The number of nitrogens with zero attached hydrogens (tertiary/aromatic N) is 4. The lowest BCUT2D eigenvalue weighted by Crippen LogP contribution is -2.46. The highest BCUT2D eigenvalue weighted by Crippen LogP contribution is 2.28. The normalized spacial score (nSPS) is 14.9. The minimum absolute atomic E-state index is 0.0308. The molecule has 0 spiro atoms. The predicted octanol–water partition coefficient (Wildman–Crippen LogP) is 3.32. The topological polar surface area (TPSA) is 80.1 Å². The summed E-state index contributed by atoms with van der Waals surface area (Å²) in [7, 11) is 0. The van der Waals surface area contributed by atoms with E-state index in [2.05, 4.69) is 15.4 Å². The van der Waals surface area contributed by atoms with Crippen LogP contribution in [0, 0.1) is 0 Å². The molecule has 0 saturated carbocycles. The molecule has 3 aromatic rings. The molecule has 0 atom stereocenters. The summed E-state index contributed by atoms with van der Waals surface area (Å²) in [5.41, 5.74) is 0.380. The first kappa shape index (κ1) is 21.5. The van der Waals surface area contributed by atoms with Crippen molar-refractivity contribution in [1.82, 2.24) is 25.0 Å². The van der Waals surface area contributed by atoms with Gasteiger partial charge in [-0.25, -0.2) is 4.68 Å². The van der Waals surface area contributed by atoms with Gasteiger partial charge in [-0.2, -0.15) is 18.3 Å². The van der Waals surface area contributed by atoms with E-state index in [1.165, 1.54) is 12.4 Å². The van der Waals surface area contributed by atoms with Crippen molar-refractivity contribution in [2.45, 2.75) is 25.1 Å². The van der Waals surface area contributed by atoms with Gasteiger partial charge in [0.1, 0.15) is 0 Å². The Bertz CT molecular complexity index is 1090. The van der Waals surface area contributed by atoms with Crippen LogP contribution in [0.2, 0.25) is 0 Å². The number of hydrogen-bond donors (Lipinski definition) is 1. The van der Waals surface area contributed by atoms with Crippen LogP contribution in [0.3, 0.4) is 0 Å². The van der Waals surface area contributed by atoms with Gasteiger partial charge in [0.05, 0.1) is 11.3 Å². The highest BCUT2D eigenvalue weighted by atomic mass is 19.4. The number of pyridine rings is 1. The van der Waals surface area contributed by atoms with Crippen molar-refractivity contribution in [2.24, 2.45) is 0 Å². The fraction of sp³-hybridized carbons (Fsp3) is 0.273. The summed E-state index contributed by atoms with van der Waals surface area (Å²) in [6, 6.07) is 10.5. The highest BCUT2D eigenvalue weighted by molar-refractivity contribution is 5.95. The molecular weight excluding hydrogens is 423 g/mol. The Hall–Kier alpha value is -3.69. The number of amides is 2. The smallest absolute Gasteiger partial charge is 0.349 e. The first-order valence-electron chi connectivity index (χ1n) is 10.0. The Kier molecular flexibility index (Phi) is 5.93. The van der Waals surface area contributed by atoms with Gasteiger partial charge >= 0.3 is 6.18 Å². The van der Waals surface area contributed by atoms with Crippen molar-refractivity contribution in [3.05, 3.63) is 77.9 Å². The van der Waals surface area contributed by atoms with Gasteiger partial charge in [-0.3, -0.25) is 14.6 Å². The second kappa shape index (κ2) is 8.81. The molecular formula is C22H20F3N5O2. The van der Waals surface area contributed by atoms with Gasteiger partial charge in [-0.1, -0.05) is 0 Å². The van der Waals surface area contributed by atoms with E-state index in [4.69, 9.17) is 0 Å². The Morgan fingerprint density at radius 2 is 1.72 bits per heavy atom. The standard InChI is InChI=1S/C22H20F3N5O2/c23-22(24,25)19-9-13-30(28-19)18-5-3-15(4-6-18)21(32)29-11-7-17(8-12-29)27-20(31)16-2-1-10-26-14-16/h1-6,9-10,13-14,17H,7-8,11-12H2,(H,27,31). The van der Waals surface area contributed by atoms with Crippen molar-refractivity contribution in [3.63, 3.8) is 0 Å². The second-order valence-electron chi connectivity index (χ2n) is 7.47. The van der Waals surface area contributed by atoms with Crippen molar-refractivity contribution in [1.29, 1.82) is 0 Å². The van der Waals surface area contributed by atoms with Crippen LogP contribution in [0.15, 0.2) is 61.1 Å². The number of rotatable bonds is 4. The minimum atomic E-state index is -4.51. The number of hydrogen-bond acceptors (Lipinski definition) is 4. The summed E-state index contributed by atoms with van der Waals surface area (Å²) in [4.78, 5) is 30.7. The van der Waals surface area contributed by atoms with Gasteiger partial charge < -0.3 is 10.2 Å². The minimum Gasteiger partial charge on any atom is -0.349 e. The maximum atomic E-state index is 12.8. The number of alkyl halides is 3. The van der Waals surface area contributed by atoms with Crippen LogP contribution in [0.5, 0.6) is 0 Å². The van der Waals surface area contributed by atoms with E-state index in [0.29, 0.717) is 42.7 Å². The average molecular weight is 443 g/mol. The lowest BCUT2D eigenvalue weighted by molar-refractivity contribution is -0.141. The summed E-state index contributed by atoms with van der Waals surface area (Å²) >= 11 is 0. The van der Waals surface area contributed by atoms with Gasteiger partial charge in [0.2, 0.25) is 0 Å². The zero-order valence-electron chi connectivity index (χ0n) is 16.9. The molecule has 0 radical (unpaired) electrons. The number of halogens is 3. The fourth-order valence-electron chi connectivity index (χ4n) is 3.55. The largest absolute Gasteiger partial charge is 0.435 e. The van der Waals surface area contributed by atoms with Crippen molar-refractivity contribution < 1.29 is 22.8 Å². The predicted molar refractivity (Wildman–Crippen MR) is 109 cm³/mol. The van der Waals surface area contributed by atoms with Crippen LogP contribution in [0.4, 0.5) is 13.2 Å². The van der Waals surface area contributed by atoms with E-state index in [0.717, 1.165) is 10.7 Å². The van der Waals surface area contributed by atoms with Gasteiger partial charge in [0.25, 0.3) is 11.8 Å². The van der Waals surface area contributed by atoms with Crippen molar-refractivity contribution in [2.75, 3.05) is 13.1 Å². The number of carbonyl (C=O) groups excluding carboxylic acids is 2. The average Bonchev–Trinajstić information content (AvgIpc) is 3.31. The first-order valence-corrected chi connectivity index (χ1v) is 10.0. The van der Waals surface area contributed by atoms with Crippen LogP contribution in [0.1, 0.15) is 39.3 Å². The molecule has 2 aromatic heterocycles. The van der Waals surface area contributed by atoms with Crippen molar-refractivity contribution >= 4 is 11.8 Å². The third-order valence-electron chi connectivity index (χ3n) is 5.30. The first-order chi connectivity index (χ1) is 15.3. The number of piperidine rings is 1. The number of benzene rings is 1. The van der Waals surface area contributed by atoms with E-state index >= 15 is 0 Å². The molecule has 32 heavy (non-hydrogen) atoms. The molecule has 1 aromatic carbocycles. The molecule has 166 valence electrons. The van der Waals surface area contributed by atoms with E-state index in [1.807, 2.05) is 0 Å². The molecule has 1 aliphatic heterocycles. The number of nitrogens with one attached hydrogen (secondary N) is 1. The molecule has 1 aliphatic rings. The summed E-state index contributed by atoms with van der Waals surface area (Å²) in [6.07, 6.45) is 1.08. The van der Waals surface area contributed by atoms with E-state index in [1.54, 1.807) is 47.5 Å². The zero-order chi connectivity index (χ0) is 22.7. The molecule has 0 aliphatic carbocycles. The number of carbonyl (C=O) groups is 2. The molecule has 2 amide bonds. The zero-order valence-corrected chi connectivity index (χ0v) is 16.9. The maximum Gasteiger partial charge on any atom is 0.435 e. The molecule has 1 saturated heterocycles. The Morgan fingerprint density at radius 1 is 1.00 bits per heavy atom. The number of aromatic nitrogens is 3. The Balaban J connectivity index is 1.33. The molecule has 3 heterocycles. The Labute approximate surface area is 181 Å². The molecule has 0 bridgehead atoms. The highest BCUT2D eigenvalue weighted by Gasteiger charge is 2.33. The van der Waals surface area contributed by atoms with E-state index in [-0.39, 0.29) is 17.9 Å². The SMILES string of the molecule is O=C(NC1CCN(C(=O)c2ccc(-n3ccc(C(F)(F)F)n3)cc2)CC1)c1cccnc1. The second-order valence-corrected chi connectivity index (χ2v) is 7.47. The van der Waals surface area contributed by atoms with Crippen LogP contribution in [0.25, 0.3) is 5.69 Å². The molecule has 1 N–H and O–H groups in total. The maximum absolute atomic E-state index is 12.8. The molecule has 4 rings (SSSR count). The summed E-state index contributed by atoms with van der Waals surface area (Å²) in [5, 5.41) is 6.49. The van der Waals surface area contributed by atoms with Crippen LogP contribution >= 0.6 is 0 Å². The van der Waals surface area contributed by atoms with Crippen LogP contribution in [-0.2, 0) is 6.18 Å². The van der Waals surface area contributed by atoms with Gasteiger partial charge in [-0.15, -0.1) is 0 Å². The lowest BCUT2D eigenvalue weighted by atomic mass is 10.0. The molecule has 10 heteroatoms. The third-order valence-corrected chi connectivity index (χ3v) is 5.30. The molecule has 7 nitrogen and oxygen atoms in total. The van der Waals surface area contributed by atoms with Crippen molar-refractivity contribution in [3.8, 4) is 5.69 Å². The van der Waals surface area contributed by atoms with Crippen LogP contribution < -0.4 is 5.32 Å². The number of likely N-dealkylation sites (tertiary alicyclic amines) is 1. The summed E-state index contributed by atoms with van der Waals surface area (Å²) in [6.45, 7) is 0.985. The summed E-state index contributed by atoms with van der Waals surface area (Å²) in [5.74, 6) is -0.351. The van der Waals surface area contributed by atoms with E-state index in [9.17, 15) is 22.8 Å². The van der Waals surface area contributed by atoms with Gasteiger partial charge in [0.15, 0.2) is 5.69 Å². The van der Waals surface area contributed by atoms with Gasteiger partial charge in [0, 0.05) is 43.3 Å². The molecule has 1 fully saturated rings. The Morgan fingerprint density at radius 3 is 2.31 bits per heavy atom. The van der Waals surface area contributed by atoms with Crippen LogP contribution in [-0.4, -0.2) is 50.6 Å². The van der Waals surface area contributed by atoms with Gasteiger partial charge in [-0.05, 0) is 55.3 Å². The summed E-state index contributed by atoms with van der Waals surface area (Å²) < 4.78 is 39.3. The lowest BCUT2D eigenvalue weighted by Gasteiger charge is -2.32. The quantitative estimate of drug-likeness (QED) is 0.671. The fourth-order valence-corrected chi connectivity index (χ4v) is 3.55. The third kappa shape index (κ3) is 4.79. The molecule has 0 unspecified atom stereocenters. The monoisotopic (exact) mass is 443 g/mol. The van der Waals surface area contributed by atoms with E-state index < -0.39 is 11.9 Å².